The molecule has 0 amide bonds. The van der Waals surface area contributed by atoms with Gasteiger partial charge in [-0.25, -0.2) is 4.74 Å². The maximum absolute atomic E-state index is 13.3. The summed E-state index contributed by atoms with van der Waals surface area (Å²) < 4.78 is 50.3. The molecule has 0 aliphatic carbocycles. The highest BCUT2D eigenvalue weighted by Gasteiger charge is 2.44. The number of rotatable bonds is 3. The van der Waals surface area contributed by atoms with Gasteiger partial charge in [0.2, 0.25) is 0 Å². The normalized spacial score (nSPS) is 19.9. The average Bonchev–Trinajstić information content (AvgIpc) is 3.17. The van der Waals surface area contributed by atoms with Crippen LogP contribution < -0.4 is 5.32 Å². The van der Waals surface area contributed by atoms with E-state index in [0.29, 0.717) is 0 Å². The third-order valence-electron chi connectivity index (χ3n) is 6.62. The lowest BCUT2D eigenvalue weighted by molar-refractivity contribution is -0.137. The Balaban J connectivity index is 2.07. The molecular weight excluding hydrogens is 500 g/mol. The molecule has 4 nitrogen and oxygen atoms in total. The van der Waals surface area contributed by atoms with Crippen LogP contribution in [-0.2, 0) is 6.18 Å². The minimum Gasteiger partial charge on any atom is -0.330 e. The highest BCUT2D eigenvalue weighted by Crippen LogP contribution is 2.67. The maximum atomic E-state index is 13.3. The predicted octanol–water partition coefficient (Wildman–Crippen LogP) is 8.64. The minimum atomic E-state index is -4.46. The van der Waals surface area contributed by atoms with Gasteiger partial charge in [-0.1, -0.05) is 58.1 Å². The van der Waals surface area contributed by atoms with Gasteiger partial charge in [-0.3, -0.25) is 9.34 Å². The van der Waals surface area contributed by atoms with Crippen LogP contribution in [0.2, 0.25) is 5.02 Å². The van der Waals surface area contributed by atoms with E-state index in [4.69, 9.17) is 28.6 Å². The Bertz CT molecular complexity index is 876. The van der Waals surface area contributed by atoms with Gasteiger partial charge in [-0.05, 0) is 56.1 Å². The number of hydrogen-bond acceptors (Lipinski definition) is 1. The van der Waals surface area contributed by atoms with E-state index in [1.54, 1.807) is 0 Å². The molecule has 34 heavy (non-hydrogen) atoms. The number of hydrogen-bond donors (Lipinski definition) is 1. The summed E-state index contributed by atoms with van der Waals surface area (Å²) in [6.45, 7) is 10.6. The average molecular weight is 537 g/mol. The van der Waals surface area contributed by atoms with Gasteiger partial charge in [0, 0.05) is 31.3 Å². The smallest absolute Gasteiger partial charge is 0.330 e. The number of nitrogens with one attached hydrogen (secondary N) is 1. The maximum Gasteiger partial charge on any atom is 0.416 e. The van der Waals surface area contributed by atoms with Gasteiger partial charge in [0.05, 0.1) is 16.3 Å². The second-order valence-electron chi connectivity index (χ2n) is 10.2. The second kappa shape index (κ2) is 11.6. The molecule has 3 rings (SSSR count). The molecule has 0 unspecified atom stereocenters. The lowest BCUT2D eigenvalue weighted by atomic mass is 10.2. The zero-order chi connectivity index (χ0) is 25.0. The van der Waals surface area contributed by atoms with Crippen molar-refractivity contribution in [3.05, 3.63) is 28.8 Å². The molecular formula is C24H37ClF3N4PS. The highest BCUT2D eigenvalue weighted by molar-refractivity contribution is 7.81. The summed E-state index contributed by atoms with van der Waals surface area (Å²) in [7, 11) is -2.32. The Kier molecular flexibility index (Phi) is 9.52. The van der Waals surface area contributed by atoms with Crippen molar-refractivity contribution < 1.29 is 13.2 Å². The lowest BCUT2D eigenvalue weighted by Crippen LogP contribution is -2.42. The van der Waals surface area contributed by atoms with Crippen molar-refractivity contribution in [3.63, 3.8) is 0 Å². The summed E-state index contributed by atoms with van der Waals surface area (Å²) >= 11 is 12.0. The van der Waals surface area contributed by atoms with Crippen molar-refractivity contribution in [1.82, 2.24) is 9.34 Å². The van der Waals surface area contributed by atoms with E-state index < -0.39 is 19.1 Å². The molecule has 192 valence electrons. The third kappa shape index (κ3) is 6.56. The molecule has 1 aromatic rings. The Morgan fingerprint density at radius 1 is 0.912 bits per heavy atom. The van der Waals surface area contributed by atoms with Crippen LogP contribution in [0.5, 0.6) is 0 Å². The summed E-state index contributed by atoms with van der Waals surface area (Å²) in [6.07, 6.45) is 4.89. The van der Waals surface area contributed by atoms with Crippen LogP contribution in [-0.4, -0.2) is 45.8 Å². The van der Waals surface area contributed by atoms with E-state index in [2.05, 4.69) is 35.4 Å². The zero-order valence-electron chi connectivity index (χ0n) is 20.4. The summed E-state index contributed by atoms with van der Waals surface area (Å²) in [6, 6.07) is 3.25. The van der Waals surface area contributed by atoms with Crippen LogP contribution in [0.3, 0.4) is 0 Å². The predicted molar refractivity (Wildman–Crippen MR) is 142 cm³/mol. The number of halogens is 4. The molecule has 0 spiro atoms. The largest absolute Gasteiger partial charge is 0.416 e. The first-order valence-electron chi connectivity index (χ1n) is 12.3. The summed E-state index contributed by atoms with van der Waals surface area (Å²) in [5.41, 5.74) is -0.622. The molecule has 2 aliphatic heterocycles. The first kappa shape index (κ1) is 27.9. The SMILES string of the molecule is CC(C)(C)P(=NC(=S)Nc1cc(C(F)(F)F)ccc1Cl)(N1CCCCCC1)N1CCCCCC1. The van der Waals surface area contributed by atoms with Crippen LogP contribution in [0, 0.1) is 0 Å². The van der Waals surface area contributed by atoms with Crippen molar-refractivity contribution in [1.29, 1.82) is 0 Å². The van der Waals surface area contributed by atoms with Crippen molar-refractivity contribution in [2.24, 2.45) is 4.74 Å². The van der Waals surface area contributed by atoms with E-state index >= 15 is 0 Å². The Morgan fingerprint density at radius 3 is 1.79 bits per heavy atom. The molecule has 2 heterocycles. The molecule has 0 aromatic heterocycles. The lowest BCUT2D eigenvalue weighted by Gasteiger charge is -2.50. The van der Waals surface area contributed by atoms with Gasteiger partial charge in [0.15, 0.2) is 5.11 Å². The molecule has 0 atom stereocenters. The van der Waals surface area contributed by atoms with Crippen molar-refractivity contribution in [3.8, 4) is 0 Å². The van der Waals surface area contributed by atoms with Crippen LogP contribution >= 0.6 is 31.2 Å². The molecule has 0 saturated carbocycles. The van der Waals surface area contributed by atoms with Gasteiger partial charge < -0.3 is 5.32 Å². The van der Waals surface area contributed by atoms with Gasteiger partial charge in [0.1, 0.15) is 7.36 Å². The van der Waals surface area contributed by atoms with E-state index in [0.717, 1.165) is 64.0 Å². The number of thiocarbonyl (C=S) groups is 1. The van der Waals surface area contributed by atoms with E-state index in [1.807, 2.05) is 0 Å². The Labute approximate surface area is 212 Å². The van der Waals surface area contributed by atoms with E-state index in [1.165, 1.54) is 31.7 Å². The fourth-order valence-electron chi connectivity index (χ4n) is 5.03. The van der Waals surface area contributed by atoms with Crippen molar-refractivity contribution >= 4 is 42.0 Å². The van der Waals surface area contributed by atoms with Gasteiger partial charge >= 0.3 is 6.18 Å². The molecule has 0 radical (unpaired) electrons. The van der Waals surface area contributed by atoms with Gasteiger partial charge in [-0.15, -0.1) is 0 Å². The number of nitrogens with zero attached hydrogens (tertiary/aromatic N) is 3. The number of alkyl halides is 3. The first-order chi connectivity index (χ1) is 15.9. The van der Waals surface area contributed by atoms with E-state index in [9.17, 15) is 13.2 Å². The first-order valence-corrected chi connectivity index (χ1v) is 14.7. The minimum absolute atomic E-state index is 0.143. The van der Waals surface area contributed by atoms with Gasteiger partial charge in [-0.2, -0.15) is 13.2 Å². The monoisotopic (exact) mass is 536 g/mol. The van der Waals surface area contributed by atoms with E-state index in [-0.39, 0.29) is 21.0 Å². The molecule has 10 heteroatoms. The Morgan fingerprint density at radius 2 is 1.38 bits per heavy atom. The van der Waals surface area contributed by atoms with Crippen molar-refractivity contribution in [2.75, 3.05) is 31.5 Å². The molecule has 2 fully saturated rings. The van der Waals surface area contributed by atoms with Crippen molar-refractivity contribution in [2.45, 2.75) is 83.5 Å². The summed E-state index contributed by atoms with van der Waals surface area (Å²) in [5, 5.41) is 3.19. The highest BCUT2D eigenvalue weighted by atomic mass is 35.5. The van der Waals surface area contributed by atoms with Crippen LogP contribution in [0.1, 0.15) is 77.7 Å². The van der Waals surface area contributed by atoms with Crippen LogP contribution in [0.15, 0.2) is 22.9 Å². The fraction of sp³-hybridized carbons (Fsp3) is 0.708. The quantitative estimate of drug-likeness (QED) is 0.309. The summed E-state index contributed by atoms with van der Waals surface area (Å²) in [5.74, 6) is 0. The topological polar surface area (TPSA) is 30.9 Å². The molecule has 2 aliphatic rings. The molecule has 0 bridgehead atoms. The standard InChI is InChI=1S/C24H37ClF3N4PS/c1-23(2,3)33(31-14-8-4-5-9-15-31,32-16-10-6-7-11-17-32)30-22(34)29-21-18-19(24(26,27)28)12-13-20(21)25/h12-13,18H,4-11,14-17H2,1-3H3,(H,29,34). The van der Waals surface area contributed by atoms with Crippen LogP contribution in [0.25, 0.3) is 0 Å². The molecule has 2 saturated heterocycles. The van der Waals surface area contributed by atoms with Gasteiger partial charge in [0.25, 0.3) is 0 Å². The molecule has 1 N–H and O–H groups in total. The fourth-order valence-corrected chi connectivity index (χ4v) is 10.2. The van der Waals surface area contributed by atoms with Crippen LogP contribution in [0.4, 0.5) is 18.9 Å². The third-order valence-corrected chi connectivity index (χ3v) is 11.9. The molecule has 1 aromatic carbocycles. The second-order valence-corrected chi connectivity index (χ2v) is 14.8. The number of benzene rings is 1. The summed E-state index contributed by atoms with van der Waals surface area (Å²) in [4.78, 5) is 0. The number of anilines is 1. The zero-order valence-corrected chi connectivity index (χ0v) is 22.9. The Hall–Kier alpha value is -0.660.